The molecule has 1 atom stereocenters. The minimum Gasteiger partial charge on any atom is -0.481 e. The van der Waals surface area contributed by atoms with Crippen molar-refractivity contribution >= 4 is 46.0 Å². The number of aryl methyl sites for hydroxylation is 1. The Morgan fingerprint density at radius 2 is 1.90 bits per heavy atom. The third-order valence-electron chi connectivity index (χ3n) is 7.42. The van der Waals surface area contributed by atoms with Crippen molar-refractivity contribution in [1.29, 1.82) is 0 Å². The van der Waals surface area contributed by atoms with Crippen molar-refractivity contribution in [3.63, 3.8) is 0 Å². The van der Waals surface area contributed by atoms with Gasteiger partial charge in [0.25, 0.3) is 5.91 Å². The minimum atomic E-state index is -0.785. The zero-order valence-corrected chi connectivity index (χ0v) is 23.0. The van der Waals surface area contributed by atoms with Crippen LogP contribution in [0, 0.1) is 11.7 Å². The summed E-state index contributed by atoms with van der Waals surface area (Å²) in [6.07, 6.45) is 3.68. The van der Waals surface area contributed by atoms with E-state index in [0.29, 0.717) is 37.7 Å². The molecule has 1 fully saturated rings. The highest BCUT2D eigenvalue weighted by Crippen LogP contribution is 2.30. The second-order valence-corrected chi connectivity index (χ2v) is 10.4. The van der Waals surface area contributed by atoms with Gasteiger partial charge in [-0.15, -0.1) is 0 Å². The van der Waals surface area contributed by atoms with Crippen LogP contribution in [0.1, 0.15) is 54.9 Å². The van der Waals surface area contributed by atoms with E-state index in [-0.39, 0.29) is 40.6 Å². The molecule has 3 aromatic rings. The maximum Gasteiger partial charge on any atom is 0.306 e. The molecule has 0 bridgehead atoms. The molecule has 0 spiro atoms. The molecular formula is C29H33ClFN3O5. The van der Waals surface area contributed by atoms with Crippen LogP contribution in [-0.4, -0.2) is 51.7 Å². The van der Waals surface area contributed by atoms with Gasteiger partial charge in [-0.2, -0.15) is 0 Å². The van der Waals surface area contributed by atoms with Crippen LogP contribution in [0.4, 0.5) is 10.1 Å². The van der Waals surface area contributed by atoms with Gasteiger partial charge in [0.2, 0.25) is 5.91 Å². The van der Waals surface area contributed by atoms with Gasteiger partial charge in [-0.25, -0.2) is 4.39 Å². The first-order chi connectivity index (χ1) is 18.6. The summed E-state index contributed by atoms with van der Waals surface area (Å²) in [4.78, 5) is 38.6. The van der Waals surface area contributed by atoms with E-state index in [4.69, 9.17) is 16.3 Å². The number of fused-ring (bicyclic) bond motifs is 1. The third kappa shape index (κ3) is 6.42. The molecule has 1 heterocycles. The number of carboxylic acid groups (broad SMARTS) is 1. The number of nitrogens with one attached hydrogen (secondary N) is 1. The molecule has 10 heteroatoms. The topological polar surface area (TPSA) is 101 Å². The van der Waals surface area contributed by atoms with Crippen LogP contribution in [0.15, 0.2) is 42.6 Å². The van der Waals surface area contributed by atoms with Crippen molar-refractivity contribution < 1.29 is 28.6 Å². The first-order valence-corrected chi connectivity index (χ1v) is 13.4. The molecule has 1 aliphatic rings. The maximum atomic E-state index is 15.1. The second-order valence-electron chi connectivity index (χ2n) is 10.0. The molecule has 1 saturated carbocycles. The van der Waals surface area contributed by atoms with Gasteiger partial charge in [-0.05, 0) is 55.9 Å². The van der Waals surface area contributed by atoms with Crippen LogP contribution in [0.25, 0.3) is 10.9 Å². The number of likely N-dealkylation sites (N-methyl/N-ethyl adjacent to an activating group) is 1. The smallest absolute Gasteiger partial charge is 0.306 e. The molecule has 8 nitrogen and oxygen atoms in total. The molecule has 2 N–H and O–H groups in total. The number of amides is 2. The van der Waals surface area contributed by atoms with Gasteiger partial charge in [0, 0.05) is 31.2 Å². The number of benzene rings is 2. The van der Waals surface area contributed by atoms with E-state index in [1.54, 1.807) is 13.2 Å². The zero-order valence-electron chi connectivity index (χ0n) is 22.2. The molecule has 0 unspecified atom stereocenters. The fourth-order valence-corrected chi connectivity index (χ4v) is 5.34. The quantitative estimate of drug-likeness (QED) is 0.333. The summed E-state index contributed by atoms with van der Waals surface area (Å²) in [5.41, 5.74) is 1.55. The van der Waals surface area contributed by atoms with E-state index >= 15 is 4.39 Å². The number of hydrogen-bond donors (Lipinski definition) is 2. The standard InChI is InChI=1S/C29H33ClFN3O5/c1-4-27(39-19-11-9-17(10-12-19)29(37)38)34(3)26(35)14-18-13-22(30)24(15-23(18)31)32-28(36)21-16-33(2)25-8-6-5-7-20(21)25/h5-8,13,15-17,19,27H,4,9-12,14H2,1-3H3,(H,32,36)(H,37,38)/t17?,19?,27-/m0/s1. The van der Waals surface area contributed by atoms with Gasteiger partial charge in [0.15, 0.2) is 0 Å². The Balaban J connectivity index is 1.40. The van der Waals surface area contributed by atoms with E-state index in [2.05, 4.69) is 5.32 Å². The van der Waals surface area contributed by atoms with E-state index in [1.165, 1.54) is 11.0 Å². The molecule has 0 radical (unpaired) electrons. The fraction of sp³-hybridized carbons (Fsp3) is 0.414. The largest absolute Gasteiger partial charge is 0.481 e. The summed E-state index contributed by atoms with van der Waals surface area (Å²) in [5, 5.41) is 12.8. The SMILES string of the molecule is CC[C@H](OC1CCC(C(=O)O)CC1)N(C)C(=O)Cc1cc(Cl)c(NC(=O)c2cn(C)c3ccccc23)cc1F. The first-order valence-electron chi connectivity index (χ1n) is 13.1. The Kier molecular flexibility index (Phi) is 8.92. The molecular weight excluding hydrogens is 525 g/mol. The predicted octanol–water partition coefficient (Wildman–Crippen LogP) is 5.62. The van der Waals surface area contributed by atoms with E-state index < -0.39 is 23.9 Å². The number of carboxylic acids is 1. The molecule has 39 heavy (non-hydrogen) atoms. The molecule has 0 saturated heterocycles. The van der Waals surface area contributed by atoms with E-state index in [0.717, 1.165) is 17.0 Å². The van der Waals surface area contributed by atoms with Crippen LogP contribution in [0.5, 0.6) is 0 Å². The lowest BCUT2D eigenvalue weighted by atomic mass is 9.87. The molecule has 2 aromatic carbocycles. The number of rotatable bonds is 9. The first kappa shape index (κ1) is 28.6. The summed E-state index contributed by atoms with van der Waals surface area (Å²) in [6, 6.07) is 9.95. The summed E-state index contributed by atoms with van der Waals surface area (Å²) in [5.74, 6) is -2.56. The van der Waals surface area contributed by atoms with Crippen molar-refractivity contribution in [1.82, 2.24) is 9.47 Å². The summed E-state index contributed by atoms with van der Waals surface area (Å²) < 4.78 is 23.0. The Morgan fingerprint density at radius 3 is 2.56 bits per heavy atom. The lowest BCUT2D eigenvalue weighted by Crippen LogP contribution is -2.42. The second kappa shape index (κ2) is 12.2. The Bertz CT molecular complexity index is 1380. The van der Waals surface area contributed by atoms with Crippen LogP contribution in [0.3, 0.4) is 0 Å². The van der Waals surface area contributed by atoms with Crippen molar-refractivity contribution in [2.24, 2.45) is 13.0 Å². The van der Waals surface area contributed by atoms with Gasteiger partial charge in [-0.3, -0.25) is 14.4 Å². The van der Waals surface area contributed by atoms with Gasteiger partial charge >= 0.3 is 5.97 Å². The number of carbonyl (C=O) groups excluding carboxylic acids is 2. The number of halogens is 2. The minimum absolute atomic E-state index is 0.108. The Hall–Kier alpha value is -3.43. The number of nitrogens with zero attached hydrogens (tertiary/aromatic N) is 2. The molecule has 2 amide bonds. The van der Waals surface area contributed by atoms with Gasteiger partial charge in [-0.1, -0.05) is 36.7 Å². The molecule has 208 valence electrons. The third-order valence-corrected chi connectivity index (χ3v) is 7.73. The Morgan fingerprint density at radius 1 is 1.21 bits per heavy atom. The average molecular weight is 558 g/mol. The lowest BCUT2D eigenvalue weighted by Gasteiger charge is -2.34. The number of para-hydroxylation sites is 1. The normalized spacial score (nSPS) is 18.1. The number of carbonyl (C=O) groups is 3. The monoisotopic (exact) mass is 557 g/mol. The highest BCUT2D eigenvalue weighted by molar-refractivity contribution is 6.34. The average Bonchev–Trinajstić information content (AvgIpc) is 3.26. The molecule has 4 rings (SSSR count). The van der Waals surface area contributed by atoms with Crippen molar-refractivity contribution in [3.8, 4) is 0 Å². The van der Waals surface area contributed by atoms with Crippen LogP contribution in [-0.2, 0) is 27.8 Å². The predicted molar refractivity (Wildman–Crippen MR) is 147 cm³/mol. The zero-order chi connectivity index (χ0) is 28.3. The number of anilines is 1. The number of hydrogen-bond acceptors (Lipinski definition) is 4. The van der Waals surface area contributed by atoms with E-state index in [9.17, 15) is 19.5 Å². The highest BCUT2D eigenvalue weighted by Gasteiger charge is 2.30. The maximum absolute atomic E-state index is 15.1. The summed E-state index contributed by atoms with van der Waals surface area (Å²) >= 11 is 6.39. The van der Waals surface area contributed by atoms with Gasteiger partial charge in [0.05, 0.1) is 34.7 Å². The molecule has 1 aliphatic carbocycles. The Labute approximate surface area is 231 Å². The van der Waals surface area contributed by atoms with Crippen LogP contribution in [0.2, 0.25) is 5.02 Å². The summed E-state index contributed by atoms with van der Waals surface area (Å²) in [7, 11) is 3.45. The number of ether oxygens (including phenoxy) is 1. The number of aliphatic carboxylic acids is 1. The fourth-order valence-electron chi connectivity index (χ4n) is 5.11. The highest BCUT2D eigenvalue weighted by atomic mass is 35.5. The van der Waals surface area contributed by atoms with Crippen LogP contribution < -0.4 is 5.32 Å². The van der Waals surface area contributed by atoms with Crippen molar-refractivity contribution in [3.05, 3.63) is 64.6 Å². The van der Waals surface area contributed by atoms with Gasteiger partial charge < -0.3 is 24.6 Å². The lowest BCUT2D eigenvalue weighted by molar-refractivity contribution is -0.154. The van der Waals surface area contributed by atoms with Crippen LogP contribution >= 0.6 is 11.6 Å². The number of aromatic nitrogens is 1. The van der Waals surface area contributed by atoms with Gasteiger partial charge in [0.1, 0.15) is 12.0 Å². The molecule has 1 aromatic heterocycles. The van der Waals surface area contributed by atoms with E-state index in [1.807, 2.05) is 42.8 Å². The van der Waals surface area contributed by atoms with Crippen molar-refractivity contribution in [2.45, 2.75) is 57.8 Å². The summed E-state index contributed by atoms with van der Waals surface area (Å²) in [6.45, 7) is 1.89. The van der Waals surface area contributed by atoms with Crippen molar-refractivity contribution in [2.75, 3.05) is 12.4 Å². The molecule has 0 aliphatic heterocycles.